The fraction of sp³-hybridized carbons (Fsp3) is 0. The van der Waals surface area contributed by atoms with Crippen LogP contribution in [0.25, 0.3) is 21.5 Å². The molecule has 0 amide bonds. The molecule has 0 unspecified atom stereocenters. The van der Waals surface area contributed by atoms with E-state index in [0.717, 1.165) is 12.1 Å². The van der Waals surface area contributed by atoms with Gasteiger partial charge in [0, 0.05) is 22.1 Å². The van der Waals surface area contributed by atoms with E-state index in [1.165, 1.54) is 36.4 Å². The lowest BCUT2D eigenvalue weighted by atomic mass is 10.1. The number of fused-ring (bicyclic) bond motifs is 2. The Morgan fingerprint density at radius 2 is 0.852 bits per heavy atom. The van der Waals surface area contributed by atoms with Crippen molar-refractivity contribution in [3.8, 4) is 0 Å². The number of nitrogens with zero attached hydrogens (tertiary/aromatic N) is 6. The van der Waals surface area contributed by atoms with Gasteiger partial charge in [-0.3, -0.25) is 23.2 Å². The Morgan fingerprint density at radius 3 is 1.26 bits per heavy atom. The van der Waals surface area contributed by atoms with Crippen LogP contribution < -0.4 is 16.3 Å². The smallest absolute Gasteiger partial charge is 0.326 e. The van der Waals surface area contributed by atoms with Crippen LogP contribution in [-0.2, 0) is 40.5 Å². The number of benzene rings is 6. The van der Waals surface area contributed by atoms with E-state index in [-0.39, 0.29) is 44.8 Å². The molecule has 1 heterocycles. The largest absolute Gasteiger partial charge is 0.351 e. The average Bonchev–Trinajstić information content (AvgIpc) is 3.17. The minimum absolute atomic E-state index is 0.0204. The number of anilines is 4. The SMILES string of the molecule is O=c1nc(Nc2ccc(N=Nc3ccc4cc(S(=O)(=O)O)cc(S(=O)(=O)O)c4c3)cc2)nc(Nc2ccc(N=Nc3ccc4cc(S(=O)(=O)O)cc(S(=O)(=O)O)c4c3)cc2)[nH]1. The molecule has 312 valence electrons. The Balaban J connectivity index is 1.02. The monoisotopic (exact) mass is 907 g/mol. The van der Waals surface area contributed by atoms with Gasteiger partial charge in [0.15, 0.2) is 0 Å². The van der Waals surface area contributed by atoms with Gasteiger partial charge in [0.1, 0.15) is 9.79 Å². The third kappa shape index (κ3) is 10.1. The molecule has 0 spiro atoms. The summed E-state index contributed by atoms with van der Waals surface area (Å²) in [5, 5.41) is 22.2. The first kappa shape index (κ1) is 42.2. The number of aromatic nitrogens is 3. The molecule has 26 heteroatoms. The average molecular weight is 908 g/mol. The molecule has 0 radical (unpaired) electrons. The zero-order chi connectivity index (χ0) is 43.9. The summed E-state index contributed by atoms with van der Waals surface area (Å²) in [6, 6.07) is 23.9. The Kier molecular flexibility index (Phi) is 11.0. The Hall–Kier alpha value is -6.91. The lowest BCUT2D eigenvalue weighted by Crippen LogP contribution is -2.16. The fourth-order valence-corrected chi connectivity index (χ4v) is 8.33. The highest BCUT2D eigenvalue weighted by Gasteiger charge is 2.22. The van der Waals surface area contributed by atoms with Crippen molar-refractivity contribution in [3.05, 3.63) is 120 Å². The molecule has 61 heavy (non-hydrogen) atoms. The van der Waals surface area contributed by atoms with Crippen molar-refractivity contribution in [1.29, 1.82) is 0 Å². The maximum atomic E-state index is 12.4. The number of hydrogen-bond donors (Lipinski definition) is 7. The van der Waals surface area contributed by atoms with Crippen molar-refractivity contribution < 1.29 is 51.9 Å². The van der Waals surface area contributed by atoms with Crippen LogP contribution in [0.3, 0.4) is 0 Å². The zero-order valence-electron chi connectivity index (χ0n) is 30.2. The van der Waals surface area contributed by atoms with E-state index in [4.69, 9.17) is 0 Å². The summed E-state index contributed by atoms with van der Waals surface area (Å²) in [7, 11) is -19.4. The third-order valence-electron chi connectivity index (χ3n) is 8.36. The standard InChI is InChI=1S/C35H25N9O13S4/c45-35-39-33(36-21-5-9-23(10-6-21)41-43-25-3-1-19-13-27(58(46,47)48)17-31(29(19)15-25)60(52,53)54)38-34(40-35)37-22-7-11-24(12-8-22)42-44-26-4-2-20-14-28(59(49,50)51)18-32(30(20)16-26)61(55,56)57/h1-18H,(H,46,47,48)(H,49,50,51)(H,52,53,54)(H,55,56,57)(H3,36,37,38,39,40,45). The molecule has 6 aromatic carbocycles. The van der Waals surface area contributed by atoms with E-state index in [2.05, 4.69) is 46.0 Å². The van der Waals surface area contributed by atoms with Crippen molar-refractivity contribution in [2.24, 2.45) is 20.5 Å². The van der Waals surface area contributed by atoms with E-state index >= 15 is 0 Å². The molecule has 0 atom stereocenters. The number of aromatic amines is 1. The van der Waals surface area contributed by atoms with Crippen molar-refractivity contribution in [1.82, 2.24) is 15.0 Å². The van der Waals surface area contributed by atoms with Crippen LogP contribution in [0.4, 0.5) is 46.0 Å². The van der Waals surface area contributed by atoms with Crippen molar-refractivity contribution in [3.63, 3.8) is 0 Å². The fourth-order valence-electron chi connectivity index (χ4n) is 5.64. The minimum Gasteiger partial charge on any atom is -0.326 e. The molecule has 7 N–H and O–H groups in total. The van der Waals surface area contributed by atoms with E-state index in [1.807, 2.05) is 0 Å². The van der Waals surface area contributed by atoms with E-state index in [9.17, 15) is 56.7 Å². The van der Waals surface area contributed by atoms with Crippen molar-refractivity contribution in [2.45, 2.75) is 19.6 Å². The minimum atomic E-state index is -4.90. The quantitative estimate of drug-likeness (QED) is 0.0490. The Morgan fingerprint density at radius 1 is 0.459 bits per heavy atom. The van der Waals surface area contributed by atoms with Gasteiger partial charge in [0.05, 0.1) is 32.5 Å². The molecule has 0 aliphatic heterocycles. The predicted molar refractivity (Wildman–Crippen MR) is 218 cm³/mol. The zero-order valence-corrected chi connectivity index (χ0v) is 33.4. The summed E-state index contributed by atoms with van der Waals surface area (Å²) < 4.78 is 133. The van der Waals surface area contributed by atoms with Gasteiger partial charge in [-0.05, 0) is 108 Å². The van der Waals surface area contributed by atoms with Gasteiger partial charge >= 0.3 is 5.69 Å². The van der Waals surface area contributed by atoms with Gasteiger partial charge in [0.25, 0.3) is 40.5 Å². The summed E-state index contributed by atoms with van der Waals surface area (Å²) in [6.45, 7) is 0. The second kappa shape index (κ2) is 15.9. The molecule has 0 aliphatic carbocycles. The summed E-state index contributed by atoms with van der Waals surface area (Å²) in [5.74, 6) is -0.0530. The molecule has 1 aromatic heterocycles. The van der Waals surface area contributed by atoms with Crippen LogP contribution >= 0.6 is 0 Å². The molecule has 0 saturated carbocycles. The number of hydrogen-bond acceptors (Lipinski definition) is 17. The summed E-state index contributed by atoms with van der Waals surface area (Å²) in [6.07, 6.45) is 0. The van der Waals surface area contributed by atoms with Gasteiger partial charge in [0.2, 0.25) is 11.9 Å². The van der Waals surface area contributed by atoms with Crippen LogP contribution in [0, 0.1) is 0 Å². The molecular formula is C35H25N9O13S4. The number of rotatable bonds is 12. The van der Waals surface area contributed by atoms with E-state index in [1.54, 1.807) is 48.5 Å². The summed E-state index contributed by atoms with van der Waals surface area (Å²) in [4.78, 5) is 20.0. The van der Waals surface area contributed by atoms with Crippen LogP contribution in [0.15, 0.2) is 154 Å². The van der Waals surface area contributed by atoms with Gasteiger partial charge in [-0.25, -0.2) is 4.79 Å². The molecule has 7 aromatic rings. The number of azo groups is 2. The lowest BCUT2D eigenvalue weighted by Gasteiger charge is -2.08. The highest BCUT2D eigenvalue weighted by atomic mass is 32.2. The van der Waals surface area contributed by atoms with Gasteiger partial charge in [-0.1, -0.05) is 12.1 Å². The molecule has 0 aliphatic rings. The van der Waals surface area contributed by atoms with Crippen LogP contribution in [0.1, 0.15) is 0 Å². The first-order valence-corrected chi connectivity index (χ1v) is 22.5. The highest BCUT2D eigenvalue weighted by molar-refractivity contribution is 7.87. The lowest BCUT2D eigenvalue weighted by molar-refractivity contribution is 0.477. The molecule has 0 saturated heterocycles. The highest BCUT2D eigenvalue weighted by Crippen LogP contribution is 2.33. The molecule has 22 nitrogen and oxygen atoms in total. The van der Waals surface area contributed by atoms with Gasteiger partial charge in [-0.15, -0.1) is 0 Å². The summed E-state index contributed by atoms with van der Waals surface area (Å²) >= 11 is 0. The van der Waals surface area contributed by atoms with Crippen molar-refractivity contribution in [2.75, 3.05) is 10.6 Å². The van der Waals surface area contributed by atoms with E-state index < -0.39 is 65.7 Å². The molecular weight excluding hydrogens is 883 g/mol. The van der Waals surface area contributed by atoms with Gasteiger partial charge < -0.3 is 10.6 Å². The third-order valence-corrected chi connectivity index (χ3v) is 11.8. The maximum Gasteiger partial charge on any atom is 0.351 e. The first-order valence-electron chi connectivity index (χ1n) is 16.7. The molecule has 7 rings (SSSR count). The predicted octanol–water partition coefficient (Wildman–Crippen LogP) is 6.78. The van der Waals surface area contributed by atoms with Crippen LogP contribution in [0.2, 0.25) is 0 Å². The number of H-pyrrole nitrogens is 1. The van der Waals surface area contributed by atoms with E-state index in [0.29, 0.717) is 34.9 Å². The molecule has 0 fully saturated rings. The topological polar surface area (TPSA) is 350 Å². The second-order valence-electron chi connectivity index (χ2n) is 12.6. The Bertz CT molecular complexity index is 3270. The maximum absolute atomic E-state index is 12.4. The Labute approximate surface area is 343 Å². The summed E-state index contributed by atoms with van der Waals surface area (Å²) in [5.41, 5.74) is 1.18. The van der Waals surface area contributed by atoms with Crippen LogP contribution in [-0.4, -0.2) is 66.8 Å². The number of nitrogens with one attached hydrogen (secondary N) is 3. The second-order valence-corrected chi connectivity index (χ2v) is 18.2. The molecule has 0 bridgehead atoms. The normalized spacial score (nSPS) is 12.7. The van der Waals surface area contributed by atoms with Crippen LogP contribution in [0.5, 0.6) is 0 Å². The first-order chi connectivity index (χ1) is 28.6. The van der Waals surface area contributed by atoms with Crippen molar-refractivity contribution >= 4 is 108 Å². The van der Waals surface area contributed by atoms with Gasteiger partial charge in [-0.2, -0.15) is 64.1 Å².